The zero-order chi connectivity index (χ0) is 30.5. The van der Waals surface area contributed by atoms with E-state index in [9.17, 15) is 18.6 Å². The van der Waals surface area contributed by atoms with Gasteiger partial charge < -0.3 is 25.1 Å². The second kappa shape index (κ2) is 11.5. The largest absolute Gasteiger partial charge is 0.390 e. The van der Waals surface area contributed by atoms with Crippen LogP contribution in [0.1, 0.15) is 70.3 Å². The van der Waals surface area contributed by atoms with E-state index in [4.69, 9.17) is 4.98 Å². The second-order valence-corrected chi connectivity index (χ2v) is 15.4. The monoisotopic (exact) mass is 609 g/mol. The van der Waals surface area contributed by atoms with E-state index in [1.807, 2.05) is 22.9 Å². The number of aliphatic hydroxyl groups excluding tert-OH is 2. The normalized spacial score (nSPS) is 23.1. The molecule has 0 spiro atoms. The summed E-state index contributed by atoms with van der Waals surface area (Å²) in [6.45, 7) is 7.05. The Morgan fingerprint density at radius 2 is 1.91 bits per heavy atom. The van der Waals surface area contributed by atoms with Gasteiger partial charge in [0.1, 0.15) is 29.7 Å². The summed E-state index contributed by atoms with van der Waals surface area (Å²) in [5.41, 5.74) is 3.93. The first-order chi connectivity index (χ1) is 20.4. The van der Waals surface area contributed by atoms with E-state index >= 15 is 0 Å². The lowest BCUT2D eigenvalue weighted by Crippen LogP contribution is -2.39. The van der Waals surface area contributed by atoms with Gasteiger partial charge in [-0.25, -0.2) is 27.7 Å². The summed E-state index contributed by atoms with van der Waals surface area (Å²) in [5.74, 6) is 1.25. The van der Waals surface area contributed by atoms with Crippen molar-refractivity contribution < 1.29 is 18.6 Å². The molecule has 4 unspecified atom stereocenters. The summed E-state index contributed by atoms with van der Waals surface area (Å²) in [5, 5.41) is 26.4. The summed E-state index contributed by atoms with van der Waals surface area (Å²) in [4.78, 5) is 17.0. The van der Waals surface area contributed by atoms with Gasteiger partial charge in [-0.1, -0.05) is 26.8 Å². The first-order valence-electron chi connectivity index (χ1n) is 15.3. The van der Waals surface area contributed by atoms with Crippen LogP contribution in [0.5, 0.6) is 0 Å². The van der Waals surface area contributed by atoms with Crippen LogP contribution >= 0.6 is 0 Å². The molecule has 12 heteroatoms. The molecule has 11 nitrogen and oxygen atoms in total. The maximum atomic E-state index is 12.8. The summed E-state index contributed by atoms with van der Waals surface area (Å²) < 4.78 is 28.8. The molecule has 2 saturated carbocycles. The Hall–Kier alpha value is -3.06. The molecule has 1 aromatic carbocycles. The highest BCUT2D eigenvalue weighted by Crippen LogP contribution is 2.39. The van der Waals surface area contributed by atoms with Crippen molar-refractivity contribution in [2.75, 3.05) is 24.7 Å². The van der Waals surface area contributed by atoms with Crippen molar-refractivity contribution in [1.82, 2.24) is 28.8 Å². The molecule has 0 radical (unpaired) electrons. The predicted molar refractivity (Wildman–Crippen MR) is 167 cm³/mol. The van der Waals surface area contributed by atoms with Crippen LogP contribution in [0.15, 0.2) is 36.8 Å². The molecule has 3 heterocycles. The molecule has 3 aromatic heterocycles. The summed E-state index contributed by atoms with van der Waals surface area (Å²) in [6, 6.07) is 8.26. The van der Waals surface area contributed by atoms with E-state index in [1.165, 1.54) is 22.5 Å². The number of nitrogens with one attached hydrogen (secondary N) is 2. The molecular formula is C31H43N7O4S. The number of anilines is 1. The number of unbranched alkanes of at least 4 members (excludes halogenated alkanes) is 1. The van der Waals surface area contributed by atoms with Crippen molar-refractivity contribution in [3.8, 4) is 0 Å². The second-order valence-electron chi connectivity index (χ2n) is 13.4. The molecule has 2 aliphatic carbocycles. The molecule has 0 amide bonds. The molecule has 2 fully saturated rings. The third-order valence-corrected chi connectivity index (χ3v) is 10.2. The molecule has 0 saturated heterocycles. The number of hydrogen-bond donors (Lipinski definition) is 4. The summed E-state index contributed by atoms with van der Waals surface area (Å²) in [6.07, 6.45) is 7.31. The van der Waals surface area contributed by atoms with Crippen LogP contribution in [0, 0.1) is 5.92 Å². The standard InChI is InChI=1S/C31H43N7O4S/c1-31(2,3)20-8-11-23-24(16-20)36-26(35-23)7-5-6-13-37(43(4,41)42)17-19-15-25(28(40)27(19)39)38-14-12-22-29(34-21-9-10-21)32-18-33-30(22)38/h8,11-12,14,16,18-19,21,25,27-28,39-40H,5-7,9-10,13,15,17H2,1-4H3,(H,35,36)(H,32,33,34). The lowest BCUT2D eigenvalue weighted by atomic mass is 9.87. The van der Waals surface area contributed by atoms with Gasteiger partial charge in [-0.2, -0.15) is 0 Å². The maximum Gasteiger partial charge on any atom is 0.211 e. The molecule has 0 aliphatic heterocycles. The van der Waals surface area contributed by atoms with Crippen LogP contribution in [-0.4, -0.2) is 85.0 Å². The van der Waals surface area contributed by atoms with Gasteiger partial charge in [-0.3, -0.25) is 0 Å². The van der Waals surface area contributed by atoms with Crippen LogP contribution in [0.3, 0.4) is 0 Å². The van der Waals surface area contributed by atoms with Crippen LogP contribution in [0.2, 0.25) is 0 Å². The number of aromatic nitrogens is 5. The highest BCUT2D eigenvalue weighted by molar-refractivity contribution is 7.88. The first kappa shape index (κ1) is 30.0. The SMILES string of the molecule is CC(C)(C)c1ccc2nc(CCCCN(CC3CC(n4ccc5c(NC6CC6)ncnc54)C(O)C3O)S(C)(=O)=O)[nH]c2c1. The molecule has 0 bridgehead atoms. The number of H-pyrrole nitrogens is 1. The van der Waals surface area contributed by atoms with Crippen molar-refractivity contribution in [2.45, 2.75) is 89.0 Å². The number of fused-ring (bicyclic) bond motifs is 2. The van der Waals surface area contributed by atoms with E-state index in [-0.39, 0.29) is 12.0 Å². The number of imidazole rings is 1. The lowest BCUT2D eigenvalue weighted by molar-refractivity contribution is 0.00403. The Balaban J connectivity index is 1.09. The van der Waals surface area contributed by atoms with E-state index in [0.717, 1.165) is 47.3 Å². The summed E-state index contributed by atoms with van der Waals surface area (Å²) in [7, 11) is -3.51. The Bertz CT molecular complexity index is 1710. The minimum atomic E-state index is -3.51. The Morgan fingerprint density at radius 1 is 1.12 bits per heavy atom. The van der Waals surface area contributed by atoms with E-state index in [2.05, 4.69) is 53.2 Å². The third kappa shape index (κ3) is 6.43. The van der Waals surface area contributed by atoms with Crippen molar-refractivity contribution in [3.63, 3.8) is 0 Å². The molecular weight excluding hydrogens is 566 g/mol. The fourth-order valence-corrected chi connectivity index (χ4v) is 7.14. The first-order valence-corrected chi connectivity index (χ1v) is 17.1. The Labute approximate surface area is 252 Å². The average Bonchev–Trinajstić information content (AvgIpc) is 3.39. The fraction of sp³-hybridized carbons (Fsp3) is 0.581. The minimum absolute atomic E-state index is 0.0537. The highest BCUT2D eigenvalue weighted by atomic mass is 32.2. The van der Waals surface area contributed by atoms with Gasteiger partial charge in [-0.05, 0) is 61.3 Å². The van der Waals surface area contributed by atoms with E-state index in [1.54, 1.807) is 0 Å². The van der Waals surface area contributed by atoms with Gasteiger partial charge in [0.25, 0.3) is 0 Å². The molecule has 232 valence electrons. The van der Waals surface area contributed by atoms with Gasteiger partial charge in [0.15, 0.2) is 0 Å². The quantitative estimate of drug-likeness (QED) is 0.188. The van der Waals surface area contributed by atoms with Gasteiger partial charge >= 0.3 is 0 Å². The maximum absolute atomic E-state index is 12.8. The molecule has 6 rings (SSSR count). The number of hydrogen-bond acceptors (Lipinski definition) is 8. The molecule has 43 heavy (non-hydrogen) atoms. The van der Waals surface area contributed by atoms with Gasteiger partial charge in [0.05, 0.1) is 34.8 Å². The van der Waals surface area contributed by atoms with Crippen LogP contribution in [0.25, 0.3) is 22.1 Å². The van der Waals surface area contributed by atoms with Crippen molar-refractivity contribution in [1.29, 1.82) is 0 Å². The topological polar surface area (TPSA) is 149 Å². The number of aryl methyl sites for hydroxylation is 1. The van der Waals surface area contributed by atoms with E-state index < -0.39 is 34.2 Å². The molecule has 4 N–H and O–H groups in total. The molecule has 4 aromatic rings. The predicted octanol–water partition coefficient (Wildman–Crippen LogP) is 3.75. The van der Waals surface area contributed by atoms with Crippen LogP contribution in [-0.2, 0) is 21.9 Å². The van der Waals surface area contributed by atoms with Gasteiger partial charge in [-0.15, -0.1) is 0 Å². The minimum Gasteiger partial charge on any atom is -0.390 e. The smallest absolute Gasteiger partial charge is 0.211 e. The average molecular weight is 610 g/mol. The zero-order valence-electron chi connectivity index (χ0n) is 25.4. The Kier molecular flexibility index (Phi) is 7.99. The lowest BCUT2D eigenvalue weighted by Gasteiger charge is -2.25. The van der Waals surface area contributed by atoms with Crippen LogP contribution < -0.4 is 5.32 Å². The molecule has 4 atom stereocenters. The van der Waals surface area contributed by atoms with E-state index in [0.29, 0.717) is 37.5 Å². The van der Waals surface area contributed by atoms with Crippen molar-refractivity contribution >= 4 is 37.9 Å². The summed E-state index contributed by atoms with van der Waals surface area (Å²) >= 11 is 0. The third-order valence-electron chi connectivity index (χ3n) is 8.93. The number of nitrogens with zero attached hydrogens (tertiary/aromatic N) is 5. The molecule has 2 aliphatic rings. The zero-order valence-corrected chi connectivity index (χ0v) is 26.2. The number of rotatable bonds is 11. The van der Waals surface area contributed by atoms with Crippen molar-refractivity contribution in [2.24, 2.45) is 5.92 Å². The number of sulfonamides is 1. The highest BCUT2D eigenvalue weighted by Gasteiger charge is 2.44. The van der Waals surface area contributed by atoms with Gasteiger partial charge in [0, 0.05) is 37.7 Å². The van der Waals surface area contributed by atoms with Gasteiger partial charge in [0.2, 0.25) is 10.0 Å². The van der Waals surface area contributed by atoms with Crippen LogP contribution in [0.4, 0.5) is 5.82 Å². The van der Waals surface area contributed by atoms with Crippen molar-refractivity contribution in [3.05, 3.63) is 48.2 Å². The number of aromatic amines is 1. The fourth-order valence-electron chi connectivity index (χ4n) is 6.21. The number of benzene rings is 1. The Morgan fingerprint density at radius 3 is 2.63 bits per heavy atom. The number of aliphatic hydroxyl groups is 2.